The van der Waals surface area contributed by atoms with Gasteiger partial charge in [0.25, 0.3) is 0 Å². The number of amides is 1. The second-order valence-electron chi connectivity index (χ2n) is 9.05. The van der Waals surface area contributed by atoms with E-state index in [1.54, 1.807) is 6.08 Å². The molecule has 0 spiro atoms. The van der Waals surface area contributed by atoms with Crippen LogP contribution in [0.2, 0.25) is 0 Å². The third-order valence-corrected chi connectivity index (χ3v) is 6.66. The van der Waals surface area contributed by atoms with E-state index in [9.17, 15) is 9.59 Å². The molecule has 1 amide bonds. The standard InChI is InChI=1S/C30H30N4O2/c35-28(25-11-5-2-6-12-25)17-18-34-27-14-8-7-13-26(27)31-29(34)23-32-19-21-33(22-20-32)30(36)16-15-24-9-3-1-4-10-24/h1-16H,17-23H2/b16-15+. The van der Waals surface area contributed by atoms with Crippen LogP contribution >= 0.6 is 0 Å². The summed E-state index contributed by atoms with van der Waals surface area (Å²) in [5.41, 5.74) is 3.76. The molecule has 0 N–H and O–H groups in total. The molecule has 1 fully saturated rings. The minimum absolute atomic E-state index is 0.0465. The van der Waals surface area contributed by atoms with Crippen LogP contribution in [0.1, 0.15) is 28.2 Å². The highest BCUT2D eigenvalue weighted by Gasteiger charge is 2.22. The maximum absolute atomic E-state index is 12.7. The Hall–Kier alpha value is -4.03. The van der Waals surface area contributed by atoms with Crippen LogP contribution in [0.4, 0.5) is 0 Å². The van der Waals surface area contributed by atoms with Gasteiger partial charge in [-0.2, -0.15) is 0 Å². The molecular formula is C30H30N4O2. The van der Waals surface area contributed by atoms with Crippen LogP contribution in [0.5, 0.6) is 0 Å². The first-order valence-electron chi connectivity index (χ1n) is 12.4. The first kappa shape index (κ1) is 23.7. The Morgan fingerprint density at radius 1 is 0.806 bits per heavy atom. The number of rotatable bonds is 8. The van der Waals surface area contributed by atoms with E-state index in [1.165, 1.54) is 0 Å². The van der Waals surface area contributed by atoms with Crippen molar-refractivity contribution in [2.45, 2.75) is 19.5 Å². The lowest BCUT2D eigenvalue weighted by Gasteiger charge is -2.34. The lowest BCUT2D eigenvalue weighted by molar-refractivity contribution is -0.127. The largest absolute Gasteiger partial charge is 0.337 e. The van der Waals surface area contributed by atoms with Crippen molar-refractivity contribution in [2.75, 3.05) is 26.2 Å². The topological polar surface area (TPSA) is 58.4 Å². The van der Waals surface area contributed by atoms with Crippen molar-refractivity contribution in [1.82, 2.24) is 19.4 Å². The lowest BCUT2D eigenvalue weighted by Crippen LogP contribution is -2.48. The van der Waals surface area contributed by atoms with Crippen LogP contribution in [0.15, 0.2) is 91.0 Å². The summed E-state index contributed by atoms with van der Waals surface area (Å²) in [5.74, 6) is 1.14. The number of ketones is 1. The normalized spacial score (nSPS) is 14.5. The van der Waals surface area contributed by atoms with E-state index >= 15 is 0 Å². The van der Waals surface area contributed by atoms with Gasteiger partial charge in [0.15, 0.2) is 5.78 Å². The van der Waals surface area contributed by atoms with Gasteiger partial charge in [0.1, 0.15) is 5.82 Å². The summed E-state index contributed by atoms with van der Waals surface area (Å²) < 4.78 is 2.18. The Morgan fingerprint density at radius 3 is 2.22 bits per heavy atom. The average Bonchev–Trinajstić information content (AvgIpc) is 3.28. The van der Waals surface area contributed by atoms with E-state index in [4.69, 9.17) is 4.98 Å². The lowest BCUT2D eigenvalue weighted by atomic mass is 10.1. The molecule has 0 bridgehead atoms. The zero-order valence-electron chi connectivity index (χ0n) is 20.3. The molecule has 6 nitrogen and oxygen atoms in total. The fourth-order valence-corrected chi connectivity index (χ4v) is 4.64. The molecule has 1 aromatic heterocycles. The molecule has 2 heterocycles. The molecule has 3 aromatic carbocycles. The molecule has 4 aromatic rings. The molecule has 0 unspecified atom stereocenters. The number of piperazine rings is 1. The molecule has 0 saturated carbocycles. The van der Waals surface area contributed by atoms with Gasteiger partial charge in [-0.3, -0.25) is 14.5 Å². The van der Waals surface area contributed by atoms with Gasteiger partial charge in [-0.25, -0.2) is 4.98 Å². The van der Waals surface area contributed by atoms with Crippen molar-refractivity contribution in [1.29, 1.82) is 0 Å². The number of aryl methyl sites for hydroxylation is 1. The molecule has 182 valence electrons. The van der Waals surface area contributed by atoms with Crippen molar-refractivity contribution < 1.29 is 9.59 Å². The fourth-order valence-electron chi connectivity index (χ4n) is 4.64. The summed E-state index contributed by atoms with van der Waals surface area (Å²) in [6, 6.07) is 27.4. The smallest absolute Gasteiger partial charge is 0.246 e. The average molecular weight is 479 g/mol. The summed E-state index contributed by atoms with van der Waals surface area (Å²) in [6.07, 6.45) is 3.95. The highest BCUT2D eigenvalue weighted by molar-refractivity contribution is 5.96. The number of hydrogen-bond donors (Lipinski definition) is 0. The van der Waals surface area contributed by atoms with Crippen LogP contribution in [-0.4, -0.2) is 57.2 Å². The number of para-hydroxylation sites is 2. The van der Waals surface area contributed by atoms with E-state index in [-0.39, 0.29) is 11.7 Å². The molecule has 0 aliphatic carbocycles. The molecule has 36 heavy (non-hydrogen) atoms. The van der Waals surface area contributed by atoms with Crippen molar-refractivity contribution >= 4 is 28.8 Å². The summed E-state index contributed by atoms with van der Waals surface area (Å²) in [6.45, 7) is 4.23. The van der Waals surface area contributed by atoms with Gasteiger partial charge in [-0.1, -0.05) is 72.8 Å². The molecule has 0 atom stereocenters. The maximum atomic E-state index is 12.7. The van der Waals surface area contributed by atoms with Gasteiger partial charge in [0, 0.05) is 50.8 Å². The molecule has 1 aliphatic heterocycles. The summed E-state index contributed by atoms with van der Waals surface area (Å²) >= 11 is 0. The number of benzene rings is 3. The molecule has 1 saturated heterocycles. The summed E-state index contributed by atoms with van der Waals surface area (Å²) in [7, 11) is 0. The third-order valence-electron chi connectivity index (χ3n) is 6.66. The van der Waals surface area contributed by atoms with Crippen molar-refractivity contribution in [3.05, 3.63) is 108 Å². The Labute approximate surface area is 211 Å². The molecular weight excluding hydrogens is 448 g/mol. The van der Waals surface area contributed by atoms with Crippen LogP contribution < -0.4 is 0 Å². The Bertz CT molecular complexity index is 1350. The van der Waals surface area contributed by atoms with Gasteiger partial charge < -0.3 is 9.47 Å². The van der Waals surface area contributed by atoms with Crippen molar-refractivity contribution in [3.63, 3.8) is 0 Å². The van der Waals surface area contributed by atoms with Crippen LogP contribution in [0.25, 0.3) is 17.1 Å². The van der Waals surface area contributed by atoms with Crippen molar-refractivity contribution in [2.24, 2.45) is 0 Å². The Kier molecular flexibility index (Phi) is 7.33. The van der Waals surface area contributed by atoms with Crippen LogP contribution in [0.3, 0.4) is 0 Å². The monoisotopic (exact) mass is 478 g/mol. The van der Waals surface area contributed by atoms with Gasteiger partial charge in [-0.15, -0.1) is 0 Å². The molecule has 1 aliphatic rings. The second kappa shape index (κ2) is 11.1. The zero-order chi connectivity index (χ0) is 24.7. The molecule has 6 heteroatoms. The summed E-state index contributed by atoms with van der Waals surface area (Å²) in [5, 5.41) is 0. The highest BCUT2D eigenvalue weighted by Crippen LogP contribution is 2.19. The number of imidazole rings is 1. The number of carbonyl (C=O) groups excluding carboxylic acids is 2. The van der Waals surface area contributed by atoms with E-state index in [0.717, 1.165) is 41.1 Å². The fraction of sp³-hybridized carbons (Fsp3) is 0.233. The van der Waals surface area contributed by atoms with Gasteiger partial charge in [0.2, 0.25) is 5.91 Å². The zero-order valence-corrected chi connectivity index (χ0v) is 20.3. The van der Waals surface area contributed by atoms with E-state index in [0.29, 0.717) is 32.6 Å². The van der Waals surface area contributed by atoms with E-state index in [1.807, 2.05) is 89.8 Å². The second-order valence-corrected chi connectivity index (χ2v) is 9.05. The third kappa shape index (κ3) is 5.61. The number of aromatic nitrogens is 2. The molecule has 0 radical (unpaired) electrons. The van der Waals surface area contributed by atoms with E-state index in [2.05, 4.69) is 15.5 Å². The van der Waals surface area contributed by atoms with Gasteiger partial charge in [-0.05, 0) is 23.8 Å². The number of nitrogens with zero attached hydrogens (tertiary/aromatic N) is 4. The Balaban J connectivity index is 1.22. The maximum Gasteiger partial charge on any atom is 0.246 e. The minimum atomic E-state index is 0.0465. The quantitative estimate of drug-likeness (QED) is 0.273. The van der Waals surface area contributed by atoms with Gasteiger partial charge in [0.05, 0.1) is 17.6 Å². The van der Waals surface area contributed by atoms with Crippen LogP contribution in [0, 0.1) is 0 Å². The number of Topliss-reactive ketones (excluding diaryl/α,β-unsaturated/α-hetero) is 1. The molecule has 5 rings (SSSR count). The highest BCUT2D eigenvalue weighted by atomic mass is 16.2. The predicted molar refractivity (Wildman–Crippen MR) is 142 cm³/mol. The number of hydrogen-bond acceptors (Lipinski definition) is 4. The van der Waals surface area contributed by atoms with Gasteiger partial charge >= 0.3 is 0 Å². The van der Waals surface area contributed by atoms with Crippen molar-refractivity contribution in [3.8, 4) is 0 Å². The Morgan fingerprint density at radius 2 is 1.47 bits per heavy atom. The SMILES string of the molecule is O=C(CCn1c(CN2CCN(C(=O)/C=C/c3ccccc3)CC2)nc2ccccc21)c1ccccc1. The summed E-state index contributed by atoms with van der Waals surface area (Å²) in [4.78, 5) is 34.5. The van der Waals surface area contributed by atoms with Crippen LogP contribution in [-0.2, 0) is 17.9 Å². The first-order chi connectivity index (χ1) is 17.7. The van der Waals surface area contributed by atoms with E-state index < -0.39 is 0 Å². The minimum Gasteiger partial charge on any atom is -0.337 e. The predicted octanol–water partition coefficient (Wildman–Crippen LogP) is 4.67. The number of fused-ring (bicyclic) bond motifs is 1. The first-order valence-corrected chi connectivity index (χ1v) is 12.4. The number of carbonyl (C=O) groups is 2.